The highest BCUT2D eigenvalue weighted by atomic mass is 32.1. The largest absolute Gasteiger partial charge is 0.344 e. The molecule has 0 saturated heterocycles. The molecule has 0 spiro atoms. The van der Waals surface area contributed by atoms with Crippen molar-refractivity contribution < 1.29 is 4.79 Å². The maximum atomic E-state index is 11.5. The lowest BCUT2D eigenvalue weighted by atomic mass is 10.1. The van der Waals surface area contributed by atoms with Crippen LogP contribution in [0.5, 0.6) is 0 Å². The molecule has 84 valence electrons. The summed E-state index contributed by atoms with van der Waals surface area (Å²) in [6, 6.07) is 0. The van der Waals surface area contributed by atoms with Crippen molar-refractivity contribution in [2.24, 2.45) is 0 Å². The quantitative estimate of drug-likeness (QED) is 0.792. The number of carbonyl (C=O) groups excluding carboxylic acids is 1. The zero-order valence-corrected chi connectivity index (χ0v) is 10.1. The van der Waals surface area contributed by atoms with Crippen molar-refractivity contribution in [3.05, 3.63) is 16.6 Å². The Balaban J connectivity index is 2.53. The van der Waals surface area contributed by atoms with Crippen LogP contribution in [0.15, 0.2) is 11.6 Å². The van der Waals surface area contributed by atoms with Crippen LogP contribution >= 0.6 is 11.3 Å². The summed E-state index contributed by atoms with van der Waals surface area (Å²) in [4.78, 5) is 15.7. The SMILES string of the molecule is CCNCC(=O)NC(C)(C)c1nccs1. The highest BCUT2D eigenvalue weighted by molar-refractivity contribution is 7.09. The fourth-order valence-corrected chi connectivity index (χ4v) is 1.93. The first-order chi connectivity index (χ1) is 7.06. The first kappa shape index (κ1) is 12.1. The minimum atomic E-state index is -0.388. The van der Waals surface area contributed by atoms with Crippen molar-refractivity contribution in [1.29, 1.82) is 0 Å². The summed E-state index contributed by atoms with van der Waals surface area (Å²) in [7, 11) is 0. The molecular formula is C10H17N3OS. The normalized spacial score (nSPS) is 11.4. The molecular weight excluding hydrogens is 210 g/mol. The monoisotopic (exact) mass is 227 g/mol. The molecule has 1 heterocycles. The van der Waals surface area contributed by atoms with Gasteiger partial charge in [-0.15, -0.1) is 11.3 Å². The molecule has 0 unspecified atom stereocenters. The molecule has 1 aromatic heterocycles. The lowest BCUT2D eigenvalue weighted by molar-refractivity contribution is -0.121. The smallest absolute Gasteiger partial charge is 0.234 e. The minimum Gasteiger partial charge on any atom is -0.344 e. The molecule has 0 aliphatic carbocycles. The van der Waals surface area contributed by atoms with E-state index in [4.69, 9.17) is 0 Å². The van der Waals surface area contributed by atoms with Crippen LogP contribution in [0.2, 0.25) is 0 Å². The van der Waals surface area contributed by atoms with E-state index >= 15 is 0 Å². The van der Waals surface area contributed by atoms with E-state index < -0.39 is 0 Å². The molecule has 0 atom stereocenters. The summed E-state index contributed by atoms with van der Waals surface area (Å²) < 4.78 is 0. The predicted molar refractivity (Wildman–Crippen MR) is 61.8 cm³/mol. The van der Waals surface area contributed by atoms with E-state index in [0.29, 0.717) is 6.54 Å². The van der Waals surface area contributed by atoms with Gasteiger partial charge in [-0.3, -0.25) is 4.79 Å². The van der Waals surface area contributed by atoms with Gasteiger partial charge in [0.15, 0.2) is 0 Å². The molecule has 15 heavy (non-hydrogen) atoms. The summed E-state index contributed by atoms with van der Waals surface area (Å²) in [5.41, 5.74) is -0.388. The number of hydrogen-bond donors (Lipinski definition) is 2. The lowest BCUT2D eigenvalue weighted by Gasteiger charge is -2.23. The number of likely N-dealkylation sites (N-methyl/N-ethyl adjacent to an activating group) is 1. The van der Waals surface area contributed by atoms with Gasteiger partial charge in [-0.05, 0) is 20.4 Å². The molecule has 2 N–H and O–H groups in total. The second kappa shape index (κ2) is 5.23. The molecule has 4 nitrogen and oxygen atoms in total. The summed E-state index contributed by atoms with van der Waals surface area (Å²) in [6.07, 6.45) is 1.75. The highest BCUT2D eigenvalue weighted by Crippen LogP contribution is 2.21. The first-order valence-corrected chi connectivity index (χ1v) is 5.86. The summed E-state index contributed by atoms with van der Waals surface area (Å²) >= 11 is 1.55. The first-order valence-electron chi connectivity index (χ1n) is 4.98. The van der Waals surface area contributed by atoms with E-state index in [1.54, 1.807) is 17.5 Å². The molecule has 0 radical (unpaired) electrons. The van der Waals surface area contributed by atoms with E-state index in [9.17, 15) is 4.79 Å². The Morgan fingerprint density at radius 1 is 1.60 bits per heavy atom. The van der Waals surface area contributed by atoms with Gasteiger partial charge in [0.2, 0.25) is 5.91 Å². The van der Waals surface area contributed by atoms with Gasteiger partial charge in [0.25, 0.3) is 0 Å². The Morgan fingerprint density at radius 3 is 2.87 bits per heavy atom. The number of aromatic nitrogens is 1. The van der Waals surface area contributed by atoms with E-state index in [0.717, 1.165) is 11.6 Å². The molecule has 0 aromatic carbocycles. The zero-order chi connectivity index (χ0) is 11.3. The Kier molecular flexibility index (Phi) is 4.23. The Morgan fingerprint density at radius 2 is 2.33 bits per heavy atom. The fraction of sp³-hybridized carbons (Fsp3) is 0.600. The number of hydrogen-bond acceptors (Lipinski definition) is 4. The Labute approximate surface area is 94.1 Å². The summed E-state index contributed by atoms with van der Waals surface area (Å²) in [5.74, 6) is -0.00273. The third kappa shape index (κ3) is 3.60. The molecule has 1 amide bonds. The van der Waals surface area contributed by atoms with Crippen LogP contribution in [0.3, 0.4) is 0 Å². The van der Waals surface area contributed by atoms with Crippen molar-refractivity contribution in [2.45, 2.75) is 26.3 Å². The second-order valence-corrected chi connectivity index (χ2v) is 4.69. The maximum Gasteiger partial charge on any atom is 0.234 e. The van der Waals surface area contributed by atoms with Crippen LogP contribution in [0.1, 0.15) is 25.8 Å². The molecule has 0 fully saturated rings. The van der Waals surface area contributed by atoms with Crippen molar-refractivity contribution in [2.75, 3.05) is 13.1 Å². The van der Waals surface area contributed by atoms with Crippen LogP contribution in [0.25, 0.3) is 0 Å². The average molecular weight is 227 g/mol. The number of carbonyl (C=O) groups is 1. The minimum absolute atomic E-state index is 0.00273. The van der Waals surface area contributed by atoms with Crippen LogP contribution in [0, 0.1) is 0 Å². The van der Waals surface area contributed by atoms with Crippen molar-refractivity contribution in [1.82, 2.24) is 15.6 Å². The number of thiazole rings is 1. The molecule has 0 aliphatic heterocycles. The van der Waals surface area contributed by atoms with Gasteiger partial charge in [-0.25, -0.2) is 4.98 Å². The standard InChI is InChI=1S/C10H17N3OS/c1-4-11-7-8(14)13-10(2,3)9-12-5-6-15-9/h5-6,11H,4,7H2,1-3H3,(H,13,14). The van der Waals surface area contributed by atoms with Crippen LogP contribution < -0.4 is 10.6 Å². The number of nitrogens with one attached hydrogen (secondary N) is 2. The molecule has 1 rings (SSSR count). The van der Waals surface area contributed by atoms with E-state index in [-0.39, 0.29) is 11.4 Å². The van der Waals surface area contributed by atoms with Crippen LogP contribution in [-0.2, 0) is 10.3 Å². The number of nitrogens with zero attached hydrogens (tertiary/aromatic N) is 1. The third-order valence-corrected chi connectivity index (χ3v) is 3.05. The van der Waals surface area contributed by atoms with Crippen molar-refractivity contribution in [3.63, 3.8) is 0 Å². The number of amides is 1. The van der Waals surface area contributed by atoms with Crippen molar-refractivity contribution >= 4 is 17.2 Å². The maximum absolute atomic E-state index is 11.5. The fourth-order valence-electron chi connectivity index (χ4n) is 1.22. The summed E-state index contributed by atoms with van der Waals surface area (Å²) in [6.45, 7) is 7.03. The van der Waals surface area contributed by atoms with E-state index in [1.807, 2.05) is 26.2 Å². The average Bonchev–Trinajstić information content (AvgIpc) is 2.67. The molecule has 5 heteroatoms. The van der Waals surface area contributed by atoms with Gasteiger partial charge in [-0.2, -0.15) is 0 Å². The van der Waals surface area contributed by atoms with Gasteiger partial charge in [0, 0.05) is 11.6 Å². The van der Waals surface area contributed by atoms with Gasteiger partial charge in [-0.1, -0.05) is 6.92 Å². The van der Waals surface area contributed by atoms with Gasteiger partial charge < -0.3 is 10.6 Å². The van der Waals surface area contributed by atoms with Gasteiger partial charge in [0.1, 0.15) is 5.01 Å². The van der Waals surface area contributed by atoms with Gasteiger partial charge >= 0.3 is 0 Å². The Hall–Kier alpha value is -0.940. The predicted octanol–water partition coefficient (Wildman–Crippen LogP) is 1.10. The number of rotatable bonds is 5. The molecule has 0 bridgehead atoms. The molecule has 0 aliphatic rings. The third-order valence-electron chi connectivity index (χ3n) is 1.95. The van der Waals surface area contributed by atoms with Crippen LogP contribution in [0.4, 0.5) is 0 Å². The highest BCUT2D eigenvalue weighted by Gasteiger charge is 2.24. The molecule has 0 saturated carbocycles. The second-order valence-electron chi connectivity index (χ2n) is 3.79. The van der Waals surface area contributed by atoms with Gasteiger partial charge in [0.05, 0.1) is 12.1 Å². The van der Waals surface area contributed by atoms with E-state index in [1.165, 1.54) is 0 Å². The lowest BCUT2D eigenvalue weighted by Crippen LogP contribution is -2.44. The Bertz CT molecular complexity index is 308. The summed E-state index contributed by atoms with van der Waals surface area (Å²) in [5, 5.41) is 8.76. The molecule has 1 aromatic rings. The van der Waals surface area contributed by atoms with Crippen molar-refractivity contribution in [3.8, 4) is 0 Å². The zero-order valence-electron chi connectivity index (χ0n) is 9.33. The van der Waals surface area contributed by atoms with E-state index in [2.05, 4.69) is 15.6 Å². The van der Waals surface area contributed by atoms with Crippen LogP contribution in [-0.4, -0.2) is 24.0 Å². The topological polar surface area (TPSA) is 54.0 Å².